The summed E-state index contributed by atoms with van der Waals surface area (Å²) in [6.45, 7) is 4.33. The number of carbonyl (C=O) groups is 4. The summed E-state index contributed by atoms with van der Waals surface area (Å²) >= 11 is 0. The molecule has 4 aromatic carbocycles. The number of hydrogen-bond donors (Lipinski definition) is 4. The average molecular weight is 818 g/mol. The number of hydrogen-bond acceptors (Lipinski definition) is 8. The maximum atomic E-state index is 9.00. The topological polar surface area (TPSA) is 255 Å². The van der Waals surface area contributed by atoms with Gasteiger partial charge in [0.1, 0.15) is 0 Å². The van der Waals surface area contributed by atoms with Crippen molar-refractivity contribution in [2.45, 2.75) is 27.7 Å². The standard InChI is InChI=1S/C32H16N8.4C2H4O2.Zn/c1-2-10-18-17(9-1)25-33-26(18)38-28-21-13-5-6-14-22(21)30(35-28)40-32-24-16-8-7-15-23(24)31(36-32)39-29-20-12-4-3-11-19(20)27(34-29)37-25;4*1-2(3)4;/h1-16H;4*1H3,(H,3,4);/q-2;;;;;. The Bertz CT molecular complexity index is 2930. The Morgan fingerprint density at radius 1 is 0.439 bits per heavy atom. The van der Waals surface area contributed by atoms with E-state index in [1.807, 2.05) is 97.1 Å². The van der Waals surface area contributed by atoms with E-state index in [0.29, 0.717) is 45.3 Å². The molecule has 0 fully saturated rings. The minimum Gasteiger partial charge on any atom is -0.501 e. The molecule has 0 saturated heterocycles. The van der Waals surface area contributed by atoms with Crippen molar-refractivity contribution in [2.24, 2.45) is 20.0 Å². The van der Waals surface area contributed by atoms with Gasteiger partial charge in [0.25, 0.3) is 23.9 Å². The second-order valence-corrected chi connectivity index (χ2v) is 11.7. The zero-order chi connectivity index (χ0) is 40.5. The van der Waals surface area contributed by atoms with Crippen LogP contribution in [0.15, 0.2) is 117 Å². The van der Waals surface area contributed by atoms with Crippen molar-refractivity contribution in [3.63, 3.8) is 0 Å². The van der Waals surface area contributed by atoms with Gasteiger partial charge in [0.05, 0.1) is 33.6 Å². The molecule has 0 unspecified atom stereocenters. The van der Waals surface area contributed by atoms with Gasteiger partial charge in [-0.25, -0.2) is 15.0 Å². The number of carboxylic acids is 4. The minimum atomic E-state index is -0.833. The molecule has 2 aliphatic rings. The third-order valence-electron chi connectivity index (χ3n) is 7.33. The first-order valence-corrected chi connectivity index (χ1v) is 16.6. The number of fused-ring (bicyclic) bond motifs is 19. The largest absolute Gasteiger partial charge is 0.501 e. The van der Waals surface area contributed by atoms with Gasteiger partial charge in [0, 0.05) is 91.0 Å². The summed E-state index contributed by atoms with van der Waals surface area (Å²) in [7, 11) is 0. The smallest absolute Gasteiger partial charge is 0.300 e. The fraction of sp³-hybridized carbons (Fsp3) is 0.100. The molecule has 5 heterocycles. The van der Waals surface area contributed by atoms with Gasteiger partial charge in [-0.3, -0.25) is 19.2 Å². The third kappa shape index (κ3) is 10.5. The molecule has 3 aromatic heterocycles. The monoisotopic (exact) mass is 816 g/mol. The molecule has 0 radical (unpaired) electrons. The van der Waals surface area contributed by atoms with Gasteiger partial charge >= 0.3 is 0 Å². The van der Waals surface area contributed by atoms with Crippen molar-refractivity contribution < 1.29 is 59.1 Å². The molecule has 0 amide bonds. The molecule has 7 aromatic rings. The molecule has 17 heteroatoms. The van der Waals surface area contributed by atoms with Crippen molar-refractivity contribution in [3.8, 4) is 0 Å². The van der Waals surface area contributed by atoms with Crippen LogP contribution < -0.4 is 41.6 Å². The van der Waals surface area contributed by atoms with E-state index in [9.17, 15) is 0 Å². The van der Waals surface area contributed by atoms with Crippen molar-refractivity contribution in [1.82, 2.24) is 19.6 Å². The molecule has 0 atom stereocenters. The minimum absolute atomic E-state index is 0. The Morgan fingerprint density at radius 3 is 1.18 bits per heavy atom. The van der Waals surface area contributed by atoms with Crippen LogP contribution in [0.3, 0.4) is 0 Å². The van der Waals surface area contributed by atoms with Crippen LogP contribution >= 0.6 is 0 Å². The first-order valence-electron chi connectivity index (χ1n) is 16.6. The Hall–Kier alpha value is -7.35. The maximum absolute atomic E-state index is 9.00. The molecule has 8 bridgehead atoms. The van der Waals surface area contributed by atoms with Crippen LogP contribution in [-0.4, -0.2) is 56.0 Å². The predicted octanol–water partition coefficient (Wildman–Crippen LogP) is 2.81. The summed E-state index contributed by atoms with van der Waals surface area (Å²) < 4.78 is 4.95. The number of aromatic nitrogens is 3. The number of nitrogens with zero attached hydrogens (tertiary/aromatic N) is 8. The number of amidine groups is 2. The van der Waals surface area contributed by atoms with Gasteiger partial charge < -0.3 is 45.0 Å². The zero-order valence-corrected chi connectivity index (χ0v) is 33.9. The van der Waals surface area contributed by atoms with E-state index in [4.69, 9.17) is 79.2 Å². The first-order chi connectivity index (χ1) is 26.7. The molecule has 57 heavy (non-hydrogen) atoms. The van der Waals surface area contributed by atoms with Crippen molar-refractivity contribution in [3.05, 3.63) is 130 Å². The normalized spacial score (nSPS) is 11.4. The number of rotatable bonds is 0. The Labute approximate surface area is 334 Å². The van der Waals surface area contributed by atoms with Crippen molar-refractivity contribution >= 4 is 79.5 Å². The van der Waals surface area contributed by atoms with Gasteiger partial charge in [-0.2, -0.15) is 0 Å². The summed E-state index contributed by atoms with van der Waals surface area (Å²) in [5.74, 6) is -1.13. The molecule has 0 saturated carbocycles. The van der Waals surface area contributed by atoms with Gasteiger partial charge in [0.2, 0.25) is 0 Å². The van der Waals surface area contributed by atoms with Gasteiger partial charge in [-0.1, -0.05) is 97.1 Å². The van der Waals surface area contributed by atoms with E-state index in [1.54, 1.807) is 0 Å². The molecule has 16 nitrogen and oxygen atoms in total. The van der Waals surface area contributed by atoms with E-state index < -0.39 is 23.9 Å². The molecule has 9 rings (SSSR count). The summed E-state index contributed by atoms with van der Waals surface area (Å²) in [5, 5.41) is 35.0. The molecule has 4 N–H and O–H groups in total. The van der Waals surface area contributed by atoms with Crippen LogP contribution in [0.5, 0.6) is 0 Å². The second kappa shape index (κ2) is 18.8. The van der Waals surface area contributed by atoms with Crippen molar-refractivity contribution in [2.75, 3.05) is 0 Å². The number of carboxylic acid groups (broad SMARTS) is 4. The Morgan fingerprint density at radius 2 is 0.754 bits per heavy atom. The number of benzene rings is 4. The van der Waals surface area contributed by atoms with Crippen LogP contribution in [-0.2, 0) is 38.7 Å². The molecule has 0 spiro atoms. The molecule has 2 aliphatic heterocycles. The Kier molecular flexibility index (Phi) is 14.0. The van der Waals surface area contributed by atoms with E-state index >= 15 is 0 Å². The van der Waals surface area contributed by atoms with Crippen LogP contribution in [0, 0.1) is 0 Å². The Balaban J connectivity index is 0.000000366. The second-order valence-electron chi connectivity index (χ2n) is 11.7. The predicted molar refractivity (Wildman–Crippen MR) is 206 cm³/mol. The first kappa shape index (κ1) is 42.4. The summed E-state index contributed by atoms with van der Waals surface area (Å²) in [5.41, 5.74) is 3.99. The molecular formula is C40H32N8O8Zn-2. The van der Waals surface area contributed by atoms with E-state index in [-0.39, 0.29) is 19.5 Å². The average Bonchev–Trinajstić information content (AvgIpc) is 3.87. The summed E-state index contributed by atoms with van der Waals surface area (Å²) in [6, 6.07) is 31.8. The molecule has 0 aliphatic carbocycles. The third-order valence-corrected chi connectivity index (χ3v) is 7.33. The number of aliphatic imine (C=N–C) groups is 2. The quantitative estimate of drug-likeness (QED) is 0.128. The molecule has 284 valence electrons. The molecular weight excluding hydrogens is 786 g/mol. The maximum Gasteiger partial charge on any atom is 0.300 e. The van der Waals surface area contributed by atoms with Crippen LogP contribution in [0.2, 0.25) is 0 Å². The van der Waals surface area contributed by atoms with Crippen LogP contribution in [0.25, 0.3) is 32.3 Å². The SMILES string of the molecule is CC(=O)O.CC(=O)O.CC(=O)O.CC(=O)O.[Zn].c1ccc2c(c1)C1=NC2=Nc2[n-]c(c3ccccc23)N=c2[n-]c(c3ccccc23)=[N+]=c2[n-]c(c3ccccc23)=N1. The van der Waals surface area contributed by atoms with Crippen LogP contribution in [0.1, 0.15) is 38.8 Å². The number of aliphatic carboxylic acids is 4. The van der Waals surface area contributed by atoms with Crippen LogP contribution in [0.4, 0.5) is 11.6 Å². The van der Waals surface area contributed by atoms with E-state index in [2.05, 4.69) is 0 Å². The fourth-order valence-electron chi connectivity index (χ4n) is 5.46. The van der Waals surface area contributed by atoms with Gasteiger partial charge in [0.15, 0.2) is 5.84 Å². The summed E-state index contributed by atoms with van der Waals surface area (Å²) in [6.07, 6.45) is 0. The summed E-state index contributed by atoms with van der Waals surface area (Å²) in [4.78, 5) is 70.3. The fourth-order valence-corrected chi connectivity index (χ4v) is 5.46. The van der Waals surface area contributed by atoms with Crippen molar-refractivity contribution in [1.29, 1.82) is 0 Å². The van der Waals surface area contributed by atoms with E-state index in [1.165, 1.54) is 0 Å². The zero-order valence-electron chi connectivity index (χ0n) is 30.9. The van der Waals surface area contributed by atoms with Gasteiger partial charge in [-0.15, -0.1) is 0 Å². The van der Waals surface area contributed by atoms with Gasteiger partial charge in [-0.05, 0) is 5.39 Å². The van der Waals surface area contributed by atoms with E-state index in [0.717, 1.165) is 71.1 Å².